The van der Waals surface area contributed by atoms with E-state index >= 15 is 0 Å². The van der Waals surface area contributed by atoms with Crippen LogP contribution in [0.3, 0.4) is 0 Å². The number of para-hydroxylation sites is 1. The zero-order valence-electron chi connectivity index (χ0n) is 18.0. The van der Waals surface area contributed by atoms with Crippen molar-refractivity contribution in [2.75, 3.05) is 5.75 Å². The number of hydrazone groups is 1. The van der Waals surface area contributed by atoms with E-state index in [-0.39, 0.29) is 17.4 Å². The maximum atomic E-state index is 12.2. The summed E-state index contributed by atoms with van der Waals surface area (Å²) in [7, 11) is 0. The van der Waals surface area contributed by atoms with Crippen LogP contribution in [0.25, 0.3) is 10.9 Å². The van der Waals surface area contributed by atoms with Crippen molar-refractivity contribution >= 4 is 40.8 Å². The van der Waals surface area contributed by atoms with Crippen molar-refractivity contribution in [3.63, 3.8) is 0 Å². The molecule has 0 spiro atoms. The van der Waals surface area contributed by atoms with Crippen molar-refractivity contribution in [1.29, 1.82) is 0 Å². The molecule has 4 rings (SSSR count). The molecule has 10 heteroatoms. The van der Waals surface area contributed by atoms with Crippen molar-refractivity contribution in [3.05, 3.63) is 77.1 Å². The maximum Gasteiger partial charge on any atom is 0.371 e. The lowest BCUT2D eigenvalue weighted by Gasteiger charge is -2.02. The number of hydrogen-bond donors (Lipinski definition) is 2. The van der Waals surface area contributed by atoms with Gasteiger partial charge in [-0.25, -0.2) is 20.2 Å². The number of carboxylic acids is 1. The largest absolute Gasteiger partial charge is 0.475 e. The van der Waals surface area contributed by atoms with Crippen LogP contribution in [0.5, 0.6) is 0 Å². The first kappa shape index (κ1) is 22.3. The number of carboxylic acid groups (broad SMARTS) is 1. The SMILES string of the molecule is Cc1cc(C)nc(SCC(=O)N/N=C\c2cn(Cc3ccc(C(=O)O)o3)c3ccccc23)n1. The Morgan fingerprint density at radius 1 is 1.18 bits per heavy atom. The van der Waals surface area contributed by atoms with E-state index in [4.69, 9.17) is 9.52 Å². The lowest BCUT2D eigenvalue weighted by Crippen LogP contribution is -2.19. The highest BCUT2D eigenvalue weighted by atomic mass is 32.2. The monoisotopic (exact) mass is 463 g/mol. The fraction of sp³-hybridized carbons (Fsp3) is 0.174. The summed E-state index contributed by atoms with van der Waals surface area (Å²) >= 11 is 1.25. The molecule has 1 amide bonds. The van der Waals surface area contributed by atoms with Gasteiger partial charge in [-0.15, -0.1) is 0 Å². The predicted molar refractivity (Wildman–Crippen MR) is 125 cm³/mol. The van der Waals surface area contributed by atoms with Gasteiger partial charge in [0.2, 0.25) is 5.76 Å². The first-order chi connectivity index (χ1) is 15.9. The summed E-state index contributed by atoms with van der Waals surface area (Å²) in [6.07, 6.45) is 3.46. The van der Waals surface area contributed by atoms with Gasteiger partial charge in [0.25, 0.3) is 5.91 Å². The van der Waals surface area contributed by atoms with Gasteiger partial charge in [0.1, 0.15) is 5.76 Å². The molecule has 0 bridgehead atoms. The Morgan fingerprint density at radius 3 is 2.67 bits per heavy atom. The Hall–Kier alpha value is -3.92. The Bertz CT molecular complexity index is 1340. The number of amides is 1. The summed E-state index contributed by atoms with van der Waals surface area (Å²) in [6.45, 7) is 4.13. The average molecular weight is 464 g/mol. The molecule has 9 nitrogen and oxygen atoms in total. The smallest absolute Gasteiger partial charge is 0.371 e. The lowest BCUT2D eigenvalue weighted by atomic mass is 10.2. The Morgan fingerprint density at radius 2 is 1.94 bits per heavy atom. The van der Waals surface area contributed by atoms with Gasteiger partial charge in [-0.3, -0.25) is 4.79 Å². The molecule has 2 N–H and O–H groups in total. The minimum atomic E-state index is -1.11. The first-order valence-electron chi connectivity index (χ1n) is 10.1. The van der Waals surface area contributed by atoms with Crippen LogP contribution in [0.15, 0.2) is 63.3 Å². The van der Waals surface area contributed by atoms with Crippen LogP contribution in [0.2, 0.25) is 0 Å². The second-order valence-corrected chi connectivity index (χ2v) is 8.26. The van der Waals surface area contributed by atoms with E-state index in [1.54, 1.807) is 12.3 Å². The van der Waals surface area contributed by atoms with Gasteiger partial charge < -0.3 is 14.1 Å². The van der Waals surface area contributed by atoms with Crippen molar-refractivity contribution in [3.8, 4) is 0 Å². The van der Waals surface area contributed by atoms with Crippen LogP contribution in [0.1, 0.15) is 33.3 Å². The van der Waals surface area contributed by atoms with Gasteiger partial charge in [0, 0.05) is 34.1 Å². The number of aromatic nitrogens is 3. The van der Waals surface area contributed by atoms with E-state index in [0.717, 1.165) is 27.9 Å². The van der Waals surface area contributed by atoms with Gasteiger partial charge in [-0.2, -0.15) is 5.10 Å². The van der Waals surface area contributed by atoms with E-state index in [9.17, 15) is 9.59 Å². The summed E-state index contributed by atoms with van der Waals surface area (Å²) in [6, 6.07) is 12.7. The molecule has 0 aliphatic carbocycles. The highest BCUT2D eigenvalue weighted by Gasteiger charge is 2.12. The van der Waals surface area contributed by atoms with Gasteiger partial charge in [-0.05, 0) is 38.1 Å². The molecule has 0 saturated carbocycles. The molecule has 3 aromatic heterocycles. The number of nitrogens with one attached hydrogen (secondary N) is 1. The van der Waals surface area contributed by atoms with E-state index in [1.165, 1.54) is 17.8 Å². The Labute approximate surface area is 193 Å². The Kier molecular flexibility index (Phi) is 6.55. The number of rotatable bonds is 8. The van der Waals surface area contributed by atoms with E-state index < -0.39 is 5.97 Å². The molecule has 33 heavy (non-hydrogen) atoms. The molecule has 0 fully saturated rings. The molecule has 0 unspecified atom stereocenters. The molecule has 3 heterocycles. The summed E-state index contributed by atoms with van der Waals surface area (Å²) < 4.78 is 7.32. The van der Waals surface area contributed by atoms with Crippen LogP contribution in [0, 0.1) is 13.8 Å². The fourth-order valence-corrected chi connectivity index (χ4v) is 4.09. The average Bonchev–Trinajstić information content (AvgIpc) is 3.38. The maximum absolute atomic E-state index is 12.2. The molecule has 0 atom stereocenters. The number of nitrogens with zero attached hydrogens (tertiary/aromatic N) is 4. The Balaban J connectivity index is 1.43. The minimum Gasteiger partial charge on any atom is -0.475 e. The summed E-state index contributed by atoms with van der Waals surface area (Å²) in [5.74, 6) is -0.804. The first-order valence-corrected chi connectivity index (χ1v) is 11.0. The number of carbonyl (C=O) groups excluding carboxylic acids is 1. The third-order valence-electron chi connectivity index (χ3n) is 4.71. The second kappa shape index (κ2) is 9.70. The second-order valence-electron chi connectivity index (χ2n) is 7.32. The number of carbonyl (C=O) groups is 2. The van der Waals surface area contributed by atoms with Crippen molar-refractivity contribution in [2.24, 2.45) is 5.10 Å². The zero-order valence-corrected chi connectivity index (χ0v) is 18.8. The summed E-state index contributed by atoms with van der Waals surface area (Å²) in [5, 5.41) is 14.6. The van der Waals surface area contributed by atoms with Gasteiger partial charge in [-0.1, -0.05) is 30.0 Å². The number of aryl methyl sites for hydroxylation is 2. The number of benzene rings is 1. The van der Waals surface area contributed by atoms with Crippen LogP contribution < -0.4 is 5.43 Å². The van der Waals surface area contributed by atoms with Crippen LogP contribution in [0.4, 0.5) is 0 Å². The molecule has 0 aliphatic heterocycles. The fourth-order valence-electron chi connectivity index (χ4n) is 3.35. The summed E-state index contributed by atoms with van der Waals surface area (Å²) in [4.78, 5) is 31.8. The lowest BCUT2D eigenvalue weighted by molar-refractivity contribution is -0.118. The number of hydrogen-bond acceptors (Lipinski definition) is 7. The highest BCUT2D eigenvalue weighted by Crippen LogP contribution is 2.22. The zero-order chi connectivity index (χ0) is 23.4. The summed E-state index contributed by atoms with van der Waals surface area (Å²) in [5.41, 5.74) is 5.98. The quantitative estimate of drug-likeness (QED) is 0.177. The molecule has 4 aromatic rings. The van der Waals surface area contributed by atoms with Crippen LogP contribution in [-0.2, 0) is 11.3 Å². The highest BCUT2D eigenvalue weighted by molar-refractivity contribution is 7.99. The standard InChI is InChI=1S/C23H21N5O4S/c1-14-9-15(2)26-23(25-14)33-13-21(29)27-24-10-16-11-28(19-6-4-3-5-18(16)19)12-17-7-8-20(32-17)22(30)31/h3-11H,12-13H2,1-2H3,(H,27,29)(H,30,31)/b24-10-. The molecular weight excluding hydrogens is 442 g/mol. The molecular formula is C23H21N5O4S. The van der Waals surface area contributed by atoms with Gasteiger partial charge in [0.15, 0.2) is 5.16 Å². The van der Waals surface area contributed by atoms with Crippen molar-refractivity contribution < 1.29 is 19.1 Å². The van der Waals surface area contributed by atoms with Gasteiger partial charge in [0.05, 0.1) is 18.5 Å². The number of fused-ring (bicyclic) bond motifs is 1. The topological polar surface area (TPSA) is 123 Å². The molecule has 0 radical (unpaired) electrons. The molecule has 168 valence electrons. The third-order valence-corrected chi connectivity index (χ3v) is 5.55. The van der Waals surface area contributed by atoms with E-state index in [2.05, 4.69) is 20.5 Å². The third kappa shape index (κ3) is 5.47. The van der Waals surface area contributed by atoms with E-state index in [1.807, 2.05) is 54.9 Å². The van der Waals surface area contributed by atoms with Crippen LogP contribution in [-0.4, -0.2) is 43.5 Å². The normalized spacial score (nSPS) is 11.3. The minimum absolute atomic E-state index is 0.102. The van der Waals surface area contributed by atoms with Crippen molar-refractivity contribution in [2.45, 2.75) is 25.5 Å². The number of thioether (sulfide) groups is 1. The van der Waals surface area contributed by atoms with Crippen LogP contribution >= 0.6 is 11.8 Å². The number of furan rings is 1. The van der Waals surface area contributed by atoms with E-state index in [0.29, 0.717) is 17.5 Å². The predicted octanol–water partition coefficient (Wildman–Crippen LogP) is 3.63. The van der Waals surface area contributed by atoms with Crippen molar-refractivity contribution in [1.82, 2.24) is 20.0 Å². The molecule has 0 aliphatic rings. The van der Waals surface area contributed by atoms with Gasteiger partial charge >= 0.3 is 5.97 Å². The molecule has 0 saturated heterocycles. The number of aromatic carboxylic acids is 1. The molecule has 1 aromatic carbocycles.